The molecule has 0 unspecified atom stereocenters. The van der Waals surface area contributed by atoms with Crippen molar-refractivity contribution >= 4 is 5.57 Å². The third kappa shape index (κ3) is 3.37. The topological polar surface area (TPSA) is 9.23 Å². The normalized spacial score (nSPS) is 15.6. The van der Waals surface area contributed by atoms with Crippen LogP contribution in [0.1, 0.15) is 18.4 Å². The van der Waals surface area contributed by atoms with Gasteiger partial charge in [-0.15, -0.1) is 13.2 Å². The first kappa shape index (κ1) is 11.8. The molecular weight excluding hydrogens is 229 g/mol. The van der Waals surface area contributed by atoms with Gasteiger partial charge < -0.3 is 4.74 Å². The van der Waals surface area contributed by atoms with Gasteiger partial charge in [-0.2, -0.15) is 0 Å². The van der Waals surface area contributed by atoms with Gasteiger partial charge in [0.2, 0.25) is 0 Å². The van der Waals surface area contributed by atoms with Gasteiger partial charge in [0.05, 0.1) is 0 Å². The summed E-state index contributed by atoms with van der Waals surface area (Å²) in [5.74, 6) is -0.187. The van der Waals surface area contributed by atoms with E-state index >= 15 is 0 Å². The molecule has 0 saturated carbocycles. The van der Waals surface area contributed by atoms with Crippen molar-refractivity contribution in [3.05, 3.63) is 48.1 Å². The van der Waals surface area contributed by atoms with Crippen LogP contribution in [0.15, 0.2) is 42.5 Å². The van der Waals surface area contributed by atoms with Crippen LogP contribution in [0.25, 0.3) is 5.57 Å². The van der Waals surface area contributed by atoms with Gasteiger partial charge in [0, 0.05) is 0 Å². The van der Waals surface area contributed by atoms with Crippen molar-refractivity contribution in [2.45, 2.75) is 19.2 Å². The first-order chi connectivity index (χ1) is 8.04. The van der Waals surface area contributed by atoms with Crippen LogP contribution in [0, 0.1) is 0 Å². The zero-order valence-electron chi connectivity index (χ0n) is 9.00. The van der Waals surface area contributed by atoms with Crippen LogP contribution in [-0.4, -0.2) is 6.36 Å². The lowest BCUT2D eigenvalue weighted by Crippen LogP contribution is -2.17. The van der Waals surface area contributed by atoms with Crippen LogP contribution in [0.4, 0.5) is 13.2 Å². The molecule has 1 aliphatic rings. The van der Waals surface area contributed by atoms with Gasteiger partial charge in [-0.3, -0.25) is 0 Å². The predicted octanol–water partition coefficient (Wildman–Crippen LogP) is 4.32. The van der Waals surface area contributed by atoms with Crippen LogP contribution >= 0.6 is 0 Å². The maximum Gasteiger partial charge on any atom is 0.573 e. The molecule has 0 amide bonds. The summed E-state index contributed by atoms with van der Waals surface area (Å²) in [5, 5.41) is 0. The maximum absolute atomic E-state index is 12.0. The quantitative estimate of drug-likeness (QED) is 0.699. The molecule has 0 radical (unpaired) electrons. The lowest BCUT2D eigenvalue weighted by molar-refractivity contribution is -0.274. The second-order valence-corrected chi connectivity index (χ2v) is 3.71. The Morgan fingerprint density at radius 3 is 2.24 bits per heavy atom. The van der Waals surface area contributed by atoms with E-state index in [4.69, 9.17) is 0 Å². The Balaban J connectivity index is 2.10. The number of ether oxygens (including phenoxy) is 1. The minimum atomic E-state index is -4.63. The Morgan fingerprint density at radius 2 is 1.71 bits per heavy atom. The highest BCUT2D eigenvalue weighted by Gasteiger charge is 2.30. The summed E-state index contributed by atoms with van der Waals surface area (Å²) >= 11 is 0. The summed E-state index contributed by atoms with van der Waals surface area (Å²) in [5.41, 5.74) is 2.06. The molecule has 0 saturated heterocycles. The summed E-state index contributed by atoms with van der Waals surface area (Å²) in [6, 6.07) is 5.96. The predicted molar refractivity (Wildman–Crippen MR) is 59.5 cm³/mol. The molecular formula is C13H11F3O. The van der Waals surface area contributed by atoms with Crippen LogP contribution < -0.4 is 4.74 Å². The van der Waals surface area contributed by atoms with Gasteiger partial charge in [0.1, 0.15) is 5.75 Å². The lowest BCUT2D eigenvalue weighted by Gasteiger charge is -2.11. The molecule has 1 nitrogen and oxygen atoms in total. The fraction of sp³-hybridized carbons (Fsp3) is 0.231. The molecule has 1 aromatic rings. The van der Waals surface area contributed by atoms with Gasteiger partial charge >= 0.3 is 6.36 Å². The van der Waals surface area contributed by atoms with Gasteiger partial charge in [-0.25, -0.2) is 0 Å². The highest BCUT2D eigenvalue weighted by molar-refractivity contribution is 5.68. The van der Waals surface area contributed by atoms with E-state index < -0.39 is 6.36 Å². The fourth-order valence-electron chi connectivity index (χ4n) is 1.71. The lowest BCUT2D eigenvalue weighted by atomic mass is 9.98. The van der Waals surface area contributed by atoms with E-state index in [0.717, 1.165) is 24.0 Å². The molecule has 90 valence electrons. The van der Waals surface area contributed by atoms with E-state index in [1.165, 1.54) is 12.1 Å². The van der Waals surface area contributed by atoms with Crippen LogP contribution in [0.2, 0.25) is 0 Å². The van der Waals surface area contributed by atoms with Gasteiger partial charge in [0.25, 0.3) is 0 Å². The Bertz CT molecular complexity index is 441. The molecule has 2 rings (SSSR count). The zero-order valence-corrected chi connectivity index (χ0v) is 9.00. The summed E-state index contributed by atoms with van der Waals surface area (Å²) in [4.78, 5) is 0. The third-order valence-electron chi connectivity index (χ3n) is 2.46. The largest absolute Gasteiger partial charge is 0.573 e. The maximum atomic E-state index is 12.0. The molecule has 0 aromatic heterocycles. The van der Waals surface area contributed by atoms with Crippen molar-refractivity contribution in [1.82, 2.24) is 0 Å². The molecule has 0 spiro atoms. The van der Waals surface area contributed by atoms with E-state index in [1.54, 1.807) is 12.1 Å². The van der Waals surface area contributed by atoms with Crippen molar-refractivity contribution in [1.29, 1.82) is 0 Å². The van der Waals surface area contributed by atoms with Crippen molar-refractivity contribution in [2.24, 2.45) is 0 Å². The van der Waals surface area contributed by atoms with Crippen molar-refractivity contribution in [3.63, 3.8) is 0 Å². The second kappa shape index (κ2) is 4.65. The Kier molecular flexibility index (Phi) is 3.22. The summed E-state index contributed by atoms with van der Waals surface area (Å²) in [7, 11) is 0. The van der Waals surface area contributed by atoms with Crippen LogP contribution in [0.3, 0.4) is 0 Å². The molecule has 17 heavy (non-hydrogen) atoms. The minimum Gasteiger partial charge on any atom is -0.406 e. The standard InChI is InChI=1S/C13H11F3O/c14-13(15,16)17-12-8-6-11(7-9-12)10-4-2-1-3-5-10/h1-2,5-9H,3-4H2. The number of halogens is 3. The number of hydrogen-bond acceptors (Lipinski definition) is 1. The Labute approximate surface area is 97.2 Å². The molecule has 0 bridgehead atoms. The first-order valence-corrected chi connectivity index (χ1v) is 5.25. The van der Waals surface area contributed by atoms with Gasteiger partial charge in [-0.05, 0) is 36.1 Å². The molecule has 1 aliphatic carbocycles. The third-order valence-corrected chi connectivity index (χ3v) is 2.46. The monoisotopic (exact) mass is 240 g/mol. The summed E-state index contributed by atoms with van der Waals surface area (Å²) in [6.07, 6.45) is 3.24. The molecule has 0 N–H and O–H groups in total. The van der Waals surface area contributed by atoms with E-state index in [-0.39, 0.29) is 5.75 Å². The highest BCUT2D eigenvalue weighted by atomic mass is 19.4. The van der Waals surface area contributed by atoms with E-state index in [9.17, 15) is 13.2 Å². The Hall–Kier alpha value is -1.71. The van der Waals surface area contributed by atoms with E-state index in [1.807, 2.05) is 0 Å². The molecule has 0 atom stereocenters. The average Bonchev–Trinajstić information content (AvgIpc) is 2.29. The minimum absolute atomic E-state index is 0.187. The second-order valence-electron chi connectivity index (χ2n) is 3.71. The van der Waals surface area contributed by atoms with Crippen LogP contribution in [-0.2, 0) is 0 Å². The first-order valence-electron chi connectivity index (χ1n) is 5.25. The number of hydrogen-bond donors (Lipinski definition) is 0. The van der Waals surface area contributed by atoms with Gasteiger partial charge in [-0.1, -0.05) is 30.4 Å². The van der Waals surface area contributed by atoms with E-state index in [0.29, 0.717) is 0 Å². The van der Waals surface area contributed by atoms with Crippen molar-refractivity contribution in [3.8, 4) is 5.75 Å². The number of benzene rings is 1. The SMILES string of the molecule is FC(F)(F)Oc1ccc(C2=CCC=CC2)cc1. The van der Waals surface area contributed by atoms with Crippen molar-refractivity contribution < 1.29 is 17.9 Å². The summed E-state index contributed by atoms with van der Waals surface area (Å²) in [6.45, 7) is 0. The summed E-state index contributed by atoms with van der Waals surface area (Å²) < 4.78 is 39.7. The van der Waals surface area contributed by atoms with Gasteiger partial charge in [0.15, 0.2) is 0 Å². The highest BCUT2D eigenvalue weighted by Crippen LogP contribution is 2.27. The molecule has 1 aromatic carbocycles. The molecule has 0 fully saturated rings. The fourth-order valence-corrected chi connectivity index (χ4v) is 1.71. The molecule has 0 heterocycles. The van der Waals surface area contributed by atoms with Crippen LogP contribution in [0.5, 0.6) is 5.75 Å². The van der Waals surface area contributed by atoms with E-state index in [2.05, 4.69) is 23.0 Å². The molecule has 4 heteroatoms. The number of allylic oxidation sites excluding steroid dienone is 4. The number of rotatable bonds is 2. The number of alkyl halides is 3. The van der Waals surface area contributed by atoms with Crippen molar-refractivity contribution in [2.75, 3.05) is 0 Å². The smallest absolute Gasteiger partial charge is 0.406 e. The Morgan fingerprint density at radius 1 is 1.00 bits per heavy atom. The average molecular weight is 240 g/mol. The molecule has 0 aliphatic heterocycles. The zero-order chi connectivity index (χ0) is 12.3.